The lowest BCUT2D eigenvalue weighted by Crippen LogP contribution is -1.97. The summed E-state index contributed by atoms with van der Waals surface area (Å²) in [5, 5.41) is 10.7. The third-order valence-corrected chi connectivity index (χ3v) is 1.85. The average Bonchev–Trinajstić information content (AvgIpc) is 2.14. The SMILES string of the molecule is Nc1cccc(C=CCCl)c1[N+](=O)[O-]. The molecule has 1 rings (SSSR count). The van der Waals surface area contributed by atoms with Gasteiger partial charge in [-0.3, -0.25) is 10.1 Å². The monoisotopic (exact) mass is 212 g/mol. The number of nitrogens with two attached hydrogens (primary N) is 1. The molecule has 0 spiro atoms. The molecule has 74 valence electrons. The number of nitrogen functional groups attached to an aromatic ring is 1. The van der Waals surface area contributed by atoms with Crippen LogP contribution in [0.1, 0.15) is 5.56 Å². The molecule has 0 atom stereocenters. The number of anilines is 1. The Balaban J connectivity index is 3.21. The first kappa shape index (κ1) is 10.5. The molecule has 0 unspecified atom stereocenters. The molecule has 0 amide bonds. The number of nitro benzene ring substituents is 1. The summed E-state index contributed by atoms with van der Waals surface area (Å²) >= 11 is 5.44. The fraction of sp³-hybridized carbons (Fsp3) is 0.111. The van der Waals surface area contributed by atoms with Crippen molar-refractivity contribution in [3.63, 3.8) is 0 Å². The van der Waals surface area contributed by atoms with E-state index in [9.17, 15) is 10.1 Å². The van der Waals surface area contributed by atoms with Crippen molar-refractivity contribution in [1.82, 2.24) is 0 Å². The van der Waals surface area contributed by atoms with Gasteiger partial charge in [-0.15, -0.1) is 11.6 Å². The number of hydrogen-bond acceptors (Lipinski definition) is 3. The third kappa shape index (κ3) is 2.23. The van der Waals surface area contributed by atoms with Crippen LogP contribution in [0.4, 0.5) is 11.4 Å². The number of alkyl halides is 1. The van der Waals surface area contributed by atoms with Gasteiger partial charge >= 0.3 is 0 Å². The molecule has 5 heteroatoms. The molecule has 1 aromatic carbocycles. The molecule has 0 radical (unpaired) electrons. The van der Waals surface area contributed by atoms with Gasteiger partial charge in [0.2, 0.25) is 0 Å². The molecule has 1 aromatic rings. The number of rotatable bonds is 3. The highest BCUT2D eigenvalue weighted by molar-refractivity contribution is 6.19. The van der Waals surface area contributed by atoms with Crippen LogP contribution in [-0.4, -0.2) is 10.8 Å². The van der Waals surface area contributed by atoms with E-state index in [-0.39, 0.29) is 11.4 Å². The highest BCUT2D eigenvalue weighted by atomic mass is 35.5. The van der Waals surface area contributed by atoms with Crippen LogP contribution in [0.25, 0.3) is 6.08 Å². The summed E-state index contributed by atoms with van der Waals surface area (Å²) in [7, 11) is 0. The smallest absolute Gasteiger partial charge is 0.299 e. The standard InChI is InChI=1S/C9H9ClN2O2/c10-6-2-4-7-3-1-5-8(11)9(7)12(13)14/h1-5H,6,11H2. The Bertz CT molecular complexity index is 377. The van der Waals surface area contributed by atoms with Crippen molar-refractivity contribution in [2.75, 3.05) is 11.6 Å². The summed E-state index contributed by atoms with van der Waals surface area (Å²) in [6.07, 6.45) is 3.21. The Morgan fingerprint density at radius 1 is 1.57 bits per heavy atom. The number of benzene rings is 1. The second kappa shape index (κ2) is 4.62. The van der Waals surface area contributed by atoms with E-state index >= 15 is 0 Å². The summed E-state index contributed by atoms with van der Waals surface area (Å²) in [4.78, 5) is 10.2. The number of allylic oxidation sites excluding steroid dienone is 1. The number of nitro groups is 1. The van der Waals surface area contributed by atoms with Gasteiger partial charge in [-0.25, -0.2) is 0 Å². The normalized spacial score (nSPS) is 10.6. The Hall–Kier alpha value is -1.55. The van der Waals surface area contributed by atoms with Crippen molar-refractivity contribution in [1.29, 1.82) is 0 Å². The minimum Gasteiger partial charge on any atom is -0.393 e. The van der Waals surface area contributed by atoms with Gasteiger partial charge in [0, 0.05) is 5.88 Å². The number of halogens is 1. The topological polar surface area (TPSA) is 69.2 Å². The summed E-state index contributed by atoms with van der Waals surface area (Å²) in [5.74, 6) is 0.311. The molecule has 0 fully saturated rings. The molecule has 0 bridgehead atoms. The Labute approximate surface area is 86.1 Å². The van der Waals surface area contributed by atoms with Gasteiger partial charge < -0.3 is 5.73 Å². The molecular formula is C9H9ClN2O2. The second-order valence-corrected chi connectivity index (χ2v) is 2.91. The number of para-hydroxylation sites is 1. The highest BCUT2D eigenvalue weighted by Gasteiger charge is 2.14. The van der Waals surface area contributed by atoms with Gasteiger partial charge in [-0.2, -0.15) is 0 Å². The Morgan fingerprint density at radius 3 is 2.86 bits per heavy atom. The largest absolute Gasteiger partial charge is 0.393 e. The first-order chi connectivity index (χ1) is 6.66. The summed E-state index contributed by atoms with van der Waals surface area (Å²) in [6.45, 7) is 0. The fourth-order valence-electron chi connectivity index (χ4n) is 1.10. The molecule has 0 aromatic heterocycles. The third-order valence-electron chi connectivity index (χ3n) is 1.67. The van der Waals surface area contributed by atoms with Crippen molar-refractivity contribution in [2.24, 2.45) is 0 Å². The minimum absolute atomic E-state index is 0.0751. The maximum atomic E-state index is 10.7. The zero-order valence-electron chi connectivity index (χ0n) is 7.31. The van der Waals surface area contributed by atoms with Gasteiger partial charge in [0.1, 0.15) is 5.69 Å². The maximum Gasteiger partial charge on any atom is 0.299 e. The molecule has 0 aliphatic rings. The van der Waals surface area contributed by atoms with Gasteiger partial charge in [-0.1, -0.05) is 18.2 Å². The number of hydrogen-bond donors (Lipinski definition) is 1. The van der Waals surface area contributed by atoms with Crippen LogP contribution in [0.5, 0.6) is 0 Å². The van der Waals surface area contributed by atoms with Crippen molar-refractivity contribution >= 4 is 29.1 Å². The molecular weight excluding hydrogens is 204 g/mol. The van der Waals surface area contributed by atoms with Crippen molar-refractivity contribution in [3.05, 3.63) is 40.0 Å². The lowest BCUT2D eigenvalue weighted by molar-refractivity contribution is -0.384. The molecule has 4 nitrogen and oxygen atoms in total. The van der Waals surface area contributed by atoms with E-state index in [1.54, 1.807) is 24.3 Å². The van der Waals surface area contributed by atoms with Crippen LogP contribution in [0.3, 0.4) is 0 Å². The lowest BCUT2D eigenvalue weighted by atomic mass is 10.1. The second-order valence-electron chi connectivity index (χ2n) is 2.60. The predicted molar refractivity (Wildman–Crippen MR) is 57.3 cm³/mol. The molecule has 0 saturated carbocycles. The zero-order chi connectivity index (χ0) is 10.6. The minimum atomic E-state index is -0.497. The molecule has 14 heavy (non-hydrogen) atoms. The Morgan fingerprint density at radius 2 is 2.29 bits per heavy atom. The van der Waals surface area contributed by atoms with E-state index in [1.807, 2.05) is 0 Å². The van der Waals surface area contributed by atoms with Gasteiger partial charge in [0.25, 0.3) is 5.69 Å². The Kier molecular flexibility index (Phi) is 3.48. The van der Waals surface area contributed by atoms with E-state index in [1.165, 1.54) is 6.07 Å². The quantitative estimate of drug-likeness (QED) is 0.362. The van der Waals surface area contributed by atoms with Crippen LogP contribution in [0.15, 0.2) is 24.3 Å². The number of nitrogens with zero attached hydrogens (tertiary/aromatic N) is 1. The van der Waals surface area contributed by atoms with Crippen LogP contribution < -0.4 is 5.73 Å². The van der Waals surface area contributed by atoms with Crippen molar-refractivity contribution in [3.8, 4) is 0 Å². The van der Waals surface area contributed by atoms with Crippen molar-refractivity contribution < 1.29 is 4.92 Å². The van der Waals surface area contributed by atoms with E-state index in [2.05, 4.69) is 0 Å². The zero-order valence-corrected chi connectivity index (χ0v) is 8.07. The fourth-order valence-corrected chi connectivity index (χ4v) is 1.19. The first-order valence-electron chi connectivity index (χ1n) is 3.92. The molecule has 0 heterocycles. The summed E-state index contributed by atoms with van der Waals surface area (Å²) in [5.41, 5.74) is 6.04. The van der Waals surface area contributed by atoms with Crippen LogP contribution in [0, 0.1) is 10.1 Å². The van der Waals surface area contributed by atoms with E-state index < -0.39 is 4.92 Å². The van der Waals surface area contributed by atoms with Gasteiger partial charge in [0.15, 0.2) is 0 Å². The molecule has 0 saturated heterocycles. The summed E-state index contributed by atoms with van der Waals surface area (Å²) in [6, 6.07) is 4.78. The molecule has 0 aliphatic heterocycles. The van der Waals surface area contributed by atoms with E-state index in [4.69, 9.17) is 17.3 Å². The first-order valence-corrected chi connectivity index (χ1v) is 4.45. The summed E-state index contributed by atoms with van der Waals surface area (Å²) < 4.78 is 0. The van der Waals surface area contributed by atoms with Gasteiger partial charge in [0.05, 0.1) is 10.5 Å². The predicted octanol–water partition coefficient (Wildman–Crippen LogP) is 2.43. The average molecular weight is 213 g/mol. The molecule has 0 aliphatic carbocycles. The van der Waals surface area contributed by atoms with E-state index in [0.29, 0.717) is 11.4 Å². The molecule has 2 N–H and O–H groups in total. The highest BCUT2D eigenvalue weighted by Crippen LogP contribution is 2.26. The van der Waals surface area contributed by atoms with E-state index in [0.717, 1.165) is 0 Å². The van der Waals surface area contributed by atoms with Gasteiger partial charge in [-0.05, 0) is 12.1 Å². The van der Waals surface area contributed by atoms with Crippen molar-refractivity contribution in [2.45, 2.75) is 0 Å². The van der Waals surface area contributed by atoms with Crippen LogP contribution >= 0.6 is 11.6 Å². The van der Waals surface area contributed by atoms with Crippen LogP contribution in [-0.2, 0) is 0 Å². The van der Waals surface area contributed by atoms with Crippen LogP contribution in [0.2, 0.25) is 0 Å². The lowest BCUT2D eigenvalue weighted by Gasteiger charge is -1.99. The maximum absolute atomic E-state index is 10.7.